The fourth-order valence-electron chi connectivity index (χ4n) is 1.76. The molecule has 0 radical (unpaired) electrons. The zero-order valence-corrected chi connectivity index (χ0v) is 8.13. The number of carboxylic acid groups (broad SMARTS) is 1. The van der Waals surface area contributed by atoms with Crippen LogP contribution in [0.4, 0.5) is 4.79 Å². The number of nitrogens with zero attached hydrogens (tertiary/aromatic N) is 2. The van der Waals surface area contributed by atoms with E-state index in [1.807, 2.05) is 0 Å². The molecule has 0 spiro atoms. The van der Waals surface area contributed by atoms with Crippen molar-refractivity contribution in [1.82, 2.24) is 15.1 Å². The molecule has 0 aromatic carbocycles. The van der Waals surface area contributed by atoms with Crippen LogP contribution in [0.2, 0.25) is 0 Å². The maximum atomic E-state index is 10.3. The van der Waals surface area contributed by atoms with Crippen molar-refractivity contribution in [3.05, 3.63) is 18.0 Å². The summed E-state index contributed by atoms with van der Waals surface area (Å²) < 4.78 is 1.78. The van der Waals surface area contributed by atoms with E-state index in [0.717, 1.165) is 18.4 Å². The van der Waals surface area contributed by atoms with Crippen LogP contribution < -0.4 is 5.32 Å². The first kappa shape index (κ1) is 9.97. The minimum Gasteiger partial charge on any atom is -0.465 e. The van der Waals surface area contributed by atoms with Gasteiger partial charge in [0, 0.05) is 17.8 Å². The topological polar surface area (TPSA) is 87.4 Å². The number of carbonyl (C=O) groups is 1. The summed E-state index contributed by atoms with van der Waals surface area (Å²) in [7, 11) is 0. The maximum Gasteiger partial charge on any atom is 0.404 e. The first-order valence-electron chi connectivity index (χ1n) is 4.82. The predicted octanol–water partition coefficient (Wildman–Crippen LogP) is 0.346. The number of aliphatic hydroxyl groups excluding tert-OH is 1. The molecular weight excluding hydrogens is 198 g/mol. The molecule has 0 atom stereocenters. The molecule has 1 aliphatic carbocycles. The molecule has 1 aromatic rings. The molecule has 6 nitrogen and oxygen atoms in total. The molecule has 1 fully saturated rings. The van der Waals surface area contributed by atoms with Gasteiger partial charge in [-0.25, -0.2) is 4.79 Å². The molecule has 2 rings (SSSR count). The Morgan fingerprint density at radius 3 is 2.93 bits per heavy atom. The lowest BCUT2D eigenvalue weighted by molar-refractivity contribution is 0.163. The highest BCUT2D eigenvalue weighted by Crippen LogP contribution is 2.31. The zero-order valence-electron chi connectivity index (χ0n) is 8.13. The number of hydrogen-bond donors (Lipinski definition) is 3. The van der Waals surface area contributed by atoms with E-state index in [2.05, 4.69) is 10.4 Å². The number of amides is 1. The Labute approximate surface area is 86.5 Å². The van der Waals surface area contributed by atoms with Crippen molar-refractivity contribution >= 4 is 6.09 Å². The summed E-state index contributed by atoms with van der Waals surface area (Å²) >= 11 is 0. The Bertz CT molecular complexity index is 357. The molecule has 82 valence electrons. The molecule has 1 amide bonds. The third-order valence-corrected chi connectivity index (χ3v) is 2.65. The van der Waals surface area contributed by atoms with Gasteiger partial charge >= 0.3 is 6.09 Å². The molecule has 1 heterocycles. The molecule has 0 aliphatic heterocycles. The van der Waals surface area contributed by atoms with E-state index in [9.17, 15) is 4.79 Å². The van der Waals surface area contributed by atoms with Crippen molar-refractivity contribution in [3.8, 4) is 0 Å². The van der Waals surface area contributed by atoms with Gasteiger partial charge in [-0.1, -0.05) is 0 Å². The van der Waals surface area contributed by atoms with Gasteiger partial charge in [-0.05, 0) is 12.8 Å². The monoisotopic (exact) mass is 211 g/mol. The van der Waals surface area contributed by atoms with E-state index in [1.54, 1.807) is 17.1 Å². The fourth-order valence-corrected chi connectivity index (χ4v) is 1.76. The third-order valence-electron chi connectivity index (χ3n) is 2.65. The van der Waals surface area contributed by atoms with E-state index in [1.165, 1.54) is 0 Å². The first-order chi connectivity index (χ1) is 7.19. The van der Waals surface area contributed by atoms with Crippen LogP contribution in [0, 0.1) is 0 Å². The van der Waals surface area contributed by atoms with Crippen LogP contribution in [0.5, 0.6) is 0 Å². The summed E-state index contributed by atoms with van der Waals surface area (Å²) in [5, 5.41) is 23.9. The normalized spacial score (nSPS) is 24.6. The van der Waals surface area contributed by atoms with Gasteiger partial charge in [-0.15, -0.1) is 0 Å². The van der Waals surface area contributed by atoms with E-state index in [0.29, 0.717) is 0 Å². The van der Waals surface area contributed by atoms with E-state index < -0.39 is 6.09 Å². The van der Waals surface area contributed by atoms with E-state index in [4.69, 9.17) is 10.2 Å². The van der Waals surface area contributed by atoms with Crippen molar-refractivity contribution in [2.75, 3.05) is 0 Å². The average Bonchev–Trinajstić information content (AvgIpc) is 2.58. The Morgan fingerprint density at radius 2 is 2.40 bits per heavy atom. The Morgan fingerprint density at radius 1 is 1.67 bits per heavy atom. The summed E-state index contributed by atoms with van der Waals surface area (Å²) in [6.07, 6.45) is 3.96. The summed E-state index contributed by atoms with van der Waals surface area (Å²) in [6, 6.07) is 0.288. The van der Waals surface area contributed by atoms with Crippen LogP contribution in [0.1, 0.15) is 24.4 Å². The van der Waals surface area contributed by atoms with Crippen LogP contribution in [0.15, 0.2) is 12.4 Å². The van der Waals surface area contributed by atoms with Crippen molar-refractivity contribution in [2.45, 2.75) is 31.5 Å². The third kappa shape index (κ3) is 2.10. The van der Waals surface area contributed by atoms with E-state index >= 15 is 0 Å². The molecule has 3 N–H and O–H groups in total. The average molecular weight is 211 g/mol. The molecule has 1 saturated carbocycles. The molecule has 0 saturated heterocycles. The number of rotatable bonds is 3. The van der Waals surface area contributed by atoms with E-state index in [-0.39, 0.29) is 18.7 Å². The Kier molecular flexibility index (Phi) is 2.59. The molecule has 0 bridgehead atoms. The second kappa shape index (κ2) is 3.90. The molecule has 1 aromatic heterocycles. The number of aliphatic hydroxyl groups is 1. The number of hydrogen-bond acceptors (Lipinski definition) is 3. The number of nitrogens with one attached hydrogen (secondary N) is 1. The smallest absolute Gasteiger partial charge is 0.404 e. The lowest BCUT2D eigenvalue weighted by Crippen LogP contribution is -2.44. The Balaban J connectivity index is 1.86. The van der Waals surface area contributed by atoms with Gasteiger partial charge in [0.15, 0.2) is 0 Å². The zero-order chi connectivity index (χ0) is 10.8. The van der Waals surface area contributed by atoms with Gasteiger partial charge in [0.1, 0.15) is 0 Å². The van der Waals surface area contributed by atoms with Crippen molar-refractivity contribution < 1.29 is 15.0 Å². The van der Waals surface area contributed by atoms with Crippen LogP contribution in [-0.4, -0.2) is 32.1 Å². The molecular formula is C9H13N3O3. The minimum absolute atomic E-state index is 0.0104. The second-order valence-corrected chi connectivity index (χ2v) is 3.76. The highest BCUT2D eigenvalue weighted by molar-refractivity contribution is 5.65. The Hall–Kier alpha value is -1.56. The maximum absolute atomic E-state index is 10.3. The van der Waals surface area contributed by atoms with Gasteiger partial charge in [-0.3, -0.25) is 4.68 Å². The van der Waals surface area contributed by atoms with Crippen LogP contribution in [0.3, 0.4) is 0 Å². The van der Waals surface area contributed by atoms with Crippen LogP contribution >= 0.6 is 0 Å². The largest absolute Gasteiger partial charge is 0.465 e. The SMILES string of the molecule is O=C(O)N[C@H]1C[C@@H](n2cc(CO)cn2)C1. The molecule has 1 aliphatic rings. The summed E-state index contributed by atoms with van der Waals surface area (Å²) in [4.78, 5) is 10.3. The molecule has 0 unspecified atom stereocenters. The standard InChI is InChI=1S/C9H13N3O3/c13-5-6-3-10-12(4-6)8-1-7(2-8)11-9(14)15/h3-4,7-8,11,13H,1-2,5H2,(H,14,15)/t7-,8+. The van der Waals surface area contributed by atoms with Gasteiger partial charge in [0.2, 0.25) is 0 Å². The van der Waals surface area contributed by atoms with Crippen molar-refractivity contribution in [1.29, 1.82) is 0 Å². The highest BCUT2D eigenvalue weighted by Gasteiger charge is 2.31. The van der Waals surface area contributed by atoms with Gasteiger partial charge in [0.05, 0.1) is 18.8 Å². The van der Waals surface area contributed by atoms with Gasteiger partial charge in [0.25, 0.3) is 0 Å². The molecule has 15 heavy (non-hydrogen) atoms. The van der Waals surface area contributed by atoms with Gasteiger partial charge in [-0.2, -0.15) is 5.10 Å². The first-order valence-corrected chi connectivity index (χ1v) is 4.82. The molecule has 6 heteroatoms. The van der Waals surface area contributed by atoms with Crippen molar-refractivity contribution in [2.24, 2.45) is 0 Å². The van der Waals surface area contributed by atoms with Crippen molar-refractivity contribution in [3.63, 3.8) is 0 Å². The summed E-state index contributed by atoms with van der Waals surface area (Å²) in [6.45, 7) is -0.0104. The lowest BCUT2D eigenvalue weighted by atomic mass is 9.87. The summed E-state index contributed by atoms with van der Waals surface area (Å²) in [5.41, 5.74) is 0.782. The fraction of sp³-hybridized carbons (Fsp3) is 0.556. The minimum atomic E-state index is -0.977. The second-order valence-electron chi connectivity index (χ2n) is 3.76. The predicted molar refractivity (Wildman–Crippen MR) is 51.4 cm³/mol. The summed E-state index contributed by atoms with van der Waals surface area (Å²) in [5.74, 6) is 0. The quantitative estimate of drug-likeness (QED) is 0.673. The van der Waals surface area contributed by atoms with Gasteiger partial charge < -0.3 is 15.5 Å². The highest BCUT2D eigenvalue weighted by atomic mass is 16.4. The van der Waals surface area contributed by atoms with Crippen LogP contribution in [0.25, 0.3) is 0 Å². The lowest BCUT2D eigenvalue weighted by Gasteiger charge is -2.34. The number of aromatic nitrogens is 2. The van der Waals surface area contributed by atoms with Crippen LogP contribution in [-0.2, 0) is 6.61 Å².